The lowest BCUT2D eigenvalue weighted by Crippen LogP contribution is -2.42. The zero-order valence-corrected chi connectivity index (χ0v) is 17.0. The van der Waals surface area contributed by atoms with Gasteiger partial charge in [0.2, 0.25) is 0 Å². The number of anilines is 1. The normalized spacial score (nSPS) is 12.2. The molecule has 0 radical (unpaired) electrons. The fourth-order valence-electron chi connectivity index (χ4n) is 3.24. The molecule has 0 fully saturated rings. The molecular weight excluding hydrogens is 423 g/mol. The highest BCUT2D eigenvalue weighted by Crippen LogP contribution is 2.37. The third kappa shape index (κ3) is 3.85. The van der Waals surface area contributed by atoms with E-state index in [1.807, 2.05) is 12.1 Å². The van der Waals surface area contributed by atoms with Gasteiger partial charge in [-0.05, 0) is 31.2 Å². The Kier molecular flexibility index (Phi) is 5.27. The van der Waals surface area contributed by atoms with Crippen molar-refractivity contribution < 1.29 is 23.4 Å². The number of rotatable bonds is 4. The van der Waals surface area contributed by atoms with Crippen molar-refractivity contribution in [3.05, 3.63) is 66.4 Å². The SMILES string of the molecule is CNc1cc2ncc(-c3cc(-c4cc(C(O)(O)C(F)(F)F)ccn4)cnc3C)cc2cn1. The van der Waals surface area contributed by atoms with Crippen LogP contribution in [0.3, 0.4) is 0 Å². The van der Waals surface area contributed by atoms with Crippen LogP contribution >= 0.6 is 0 Å². The van der Waals surface area contributed by atoms with Gasteiger partial charge in [-0.3, -0.25) is 15.0 Å². The molecule has 0 aliphatic rings. The van der Waals surface area contributed by atoms with Gasteiger partial charge in [-0.1, -0.05) is 0 Å². The number of aromatic nitrogens is 4. The minimum Gasteiger partial charge on any atom is -0.373 e. The second-order valence-electron chi connectivity index (χ2n) is 7.19. The average molecular weight is 441 g/mol. The maximum atomic E-state index is 13.0. The summed E-state index contributed by atoms with van der Waals surface area (Å²) in [6.07, 6.45) is 0.647. The van der Waals surface area contributed by atoms with Gasteiger partial charge >= 0.3 is 6.18 Å². The van der Waals surface area contributed by atoms with Crippen LogP contribution in [0.25, 0.3) is 33.3 Å². The molecule has 10 heteroatoms. The van der Waals surface area contributed by atoms with E-state index in [0.29, 0.717) is 22.6 Å². The van der Waals surface area contributed by atoms with Crippen molar-refractivity contribution in [1.29, 1.82) is 0 Å². The second-order valence-corrected chi connectivity index (χ2v) is 7.19. The lowest BCUT2D eigenvalue weighted by atomic mass is 10.00. The quantitative estimate of drug-likeness (QED) is 0.414. The van der Waals surface area contributed by atoms with E-state index in [9.17, 15) is 23.4 Å². The lowest BCUT2D eigenvalue weighted by molar-refractivity contribution is -0.358. The van der Waals surface area contributed by atoms with Gasteiger partial charge in [0.1, 0.15) is 5.82 Å². The van der Waals surface area contributed by atoms with Gasteiger partial charge in [0.15, 0.2) is 0 Å². The lowest BCUT2D eigenvalue weighted by Gasteiger charge is -2.25. The molecule has 4 rings (SSSR count). The number of nitrogens with zero attached hydrogens (tertiary/aromatic N) is 4. The number of alkyl halides is 3. The van der Waals surface area contributed by atoms with Gasteiger partial charge < -0.3 is 15.5 Å². The van der Waals surface area contributed by atoms with E-state index in [4.69, 9.17) is 0 Å². The summed E-state index contributed by atoms with van der Waals surface area (Å²) in [6, 6.07) is 7.30. The number of fused-ring (bicyclic) bond motifs is 1. The van der Waals surface area contributed by atoms with Gasteiger partial charge in [-0.25, -0.2) is 4.98 Å². The molecule has 4 aromatic heterocycles. The molecule has 0 atom stereocenters. The van der Waals surface area contributed by atoms with Crippen molar-refractivity contribution in [2.24, 2.45) is 0 Å². The summed E-state index contributed by atoms with van der Waals surface area (Å²) in [6.45, 7) is 1.80. The molecule has 0 amide bonds. The molecule has 0 bridgehead atoms. The molecule has 4 aromatic rings. The number of hydrogen-bond donors (Lipinski definition) is 3. The third-order valence-electron chi connectivity index (χ3n) is 5.07. The highest BCUT2D eigenvalue weighted by molar-refractivity contribution is 5.85. The molecular formula is C22H18F3N5O2. The van der Waals surface area contributed by atoms with E-state index in [1.165, 1.54) is 6.20 Å². The fourth-order valence-corrected chi connectivity index (χ4v) is 3.24. The molecule has 0 aliphatic heterocycles. The van der Waals surface area contributed by atoms with Gasteiger partial charge in [-0.15, -0.1) is 0 Å². The largest absolute Gasteiger partial charge is 0.447 e. The Bertz CT molecular complexity index is 1310. The molecule has 4 heterocycles. The van der Waals surface area contributed by atoms with Crippen LogP contribution < -0.4 is 5.32 Å². The van der Waals surface area contributed by atoms with E-state index in [1.54, 1.807) is 32.4 Å². The first kappa shape index (κ1) is 21.6. The molecule has 0 unspecified atom stereocenters. The van der Waals surface area contributed by atoms with Crippen LogP contribution in [-0.4, -0.2) is 43.4 Å². The molecule has 164 valence electrons. The highest BCUT2D eigenvalue weighted by Gasteiger charge is 2.54. The topological polar surface area (TPSA) is 104 Å². The molecule has 7 nitrogen and oxygen atoms in total. The Morgan fingerprint density at radius 2 is 1.62 bits per heavy atom. The van der Waals surface area contributed by atoms with Crippen molar-refractivity contribution in [2.75, 3.05) is 12.4 Å². The Morgan fingerprint density at radius 3 is 2.34 bits per heavy atom. The van der Waals surface area contributed by atoms with Crippen molar-refractivity contribution >= 4 is 16.7 Å². The minimum absolute atomic E-state index is 0.113. The Morgan fingerprint density at radius 1 is 0.875 bits per heavy atom. The van der Waals surface area contributed by atoms with E-state index in [0.717, 1.165) is 34.8 Å². The number of hydrogen-bond acceptors (Lipinski definition) is 7. The molecule has 0 spiro atoms. The summed E-state index contributed by atoms with van der Waals surface area (Å²) < 4.78 is 39.1. The molecule has 3 N–H and O–H groups in total. The van der Waals surface area contributed by atoms with Gasteiger partial charge in [-0.2, -0.15) is 13.2 Å². The Hall–Kier alpha value is -3.63. The van der Waals surface area contributed by atoms with Crippen molar-refractivity contribution in [2.45, 2.75) is 18.9 Å². The first-order valence-electron chi connectivity index (χ1n) is 9.49. The fraction of sp³-hybridized carbons (Fsp3) is 0.182. The zero-order chi connectivity index (χ0) is 23.1. The maximum Gasteiger partial charge on any atom is 0.447 e. The van der Waals surface area contributed by atoms with E-state index in [-0.39, 0.29) is 5.69 Å². The van der Waals surface area contributed by atoms with E-state index >= 15 is 0 Å². The van der Waals surface area contributed by atoms with Crippen molar-refractivity contribution in [1.82, 2.24) is 19.9 Å². The number of pyridine rings is 4. The number of nitrogens with one attached hydrogen (secondary N) is 1. The monoisotopic (exact) mass is 441 g/mol. The van der Waals surface area contributed by atoms with E-state index < -0.39 is 17.5 Å². The summed E-state index contributed by atoms with van der Waals surface area (Å²) >= 11 is 0. The smallest absolute Gasteiger partial charge is 0.373 e. The maximum absolute atomic E-state index is 13.0. The first-order valence-corrected chi connectivity index (χ1v) is 9.49. The summed E-state index contributed by atoms with van der Waals surface area (Å²) in [5, 5.41) is 22.9. The second kappa shape index (κ2) is 7.81. The summed E-state index contributed by atoms with van der Waals surface area (Å²) in [7, 11) is 1.76. The van der Waals surface area contributed by atoms with Crippen LogP contribution in [0.2, 0.25) is 0 Å². The van der Waals surface area contributed by atoms with Gasteiger partial charge in [0.05, 0.1) is 11.2 Å². The zero-order valence-electron chi connectivity index (χ0n) is 17.0. The standard InChI is InChI=1S/C22H18F3N5O2/c1-12-17(13-5-14-11-30-20(26-2)8-19(14)29-9-13)6-15(10-28-12)18-7-16(3-4-27-18)21(31,32)22(23,24)25/h3-11,31-32H,1-2H3,(H,26,30). The Labute approximate surface area is 180 Å². The summed E-state index contributed by atoms with van der Waals surface area (Å²) in [5.41, 5.74) is 2.66. The predicted molar refractivity (Wildman–Crippen MR) is 112 cm³/mol. The van der Waals surface area contributed by atoms with Gasteiger partial charge in [0, 0.05) is 71.2 Å². The molecule has 32 heavy (non-hydrogen) atoms. The van der Waals surface area contributed by atoms with Crippen LogP contribution in [-0.2, 0) is 5.79 Å². The van der Waals surface area contributed by atoms with Gasteiger partial charge in [0.25, 0.3) is 5.79 Å². The number of halogens is 3. The predicted octanol–water partition coefficient (Wildman–Crippen LogP) is 3.80. The van der Waals surface area contributed by atoms with Crippen LogP contribution in [0.5, 0.6) is 0 Å². The summed E-state index contributed by atoms with van der Waals surface area (Å²) in [5.74, 6) is -3.31. The van der Waals surface area contributed by atoms with Crippen LogP contribution in [0, 0.1) is 6.92 Å². The van der Waals surface area contributed by atoms with E-state index in [2.05, 4.69) is 25.3 Å². The van der Waals surface area contributed by atoms with Crippen molar-refractivity contribution in [3.8, 4) is 22.4 Å². The summed E-state index contributed by atoms with van der Waals surface area (Å²) in [4.78, 5) is 17.2. The number of aryl methyl sites for hydroxylation is 1. The van der Waals surface area contributed by atoms with Crippen molar-refractivity contribution in [3.63, 3.8) is 0 Å². The molecule has 0 saturated heterocycles. The molecule has 0 saturated carbocycles. The minimum atomic E-state index is -5.26. The average Bonchev–Trinajstić information content (AvgIpc) is 2.78. The van der Waals surface area contributed by atoms with Crippen LogP contribution in [0.1, 0.15) is 11.3 Å². The Balaban J connectivity index is 1.77. The first-order chi connectivity index (χ1) is 15.1. The number of aliphatic hydroxyl groups is 2. The molecule has 0 aliphatic carbocycles. The van der Waals surface area contributed by atoms with Crippen LogP contribution in [0.15, 0.2) is 55.1 Å². The van der Waals surface area contributed by atoms with Crippen LogP contribution in [0.4, 0.5) is 19.0 Å². The molecule has 0 aromatic carbocycles. The third-order valence-corrected chi connectivity index (χ3v) is 5.07. The highest BCUT2D eigenvalue weighted by atomic mass is 19.4.